The van der Waals surface area contributed by atoms with Crippen molar-refractivity contribution in [2.75, 3.05) is 45.9 Å². The number of rotatable bonds is 4. The maximum Gasteiger partial charge on any atom is 0.317 e. The van der Waals surface area contributed by atoms with E-state index in [9.17, 15) is 9.59 Å². The van der Waals surface area contributed by atoms with E-state index in [0.717, 1.165) is 37.9 Å². The summed E-state index contributed by atoms with van der Waals surface area (Å²) in [6.07, 6.45) is 3.08. The van der Waals surface area contributed by atoms with E-state index in [1.165, 1.54) is 5.56 Å². The highest BCUT2D eigenvalue weighted by Crippen LogP contribution is 2.22. The number of nitrogens with zero attached hydrogens (tertiary/aromatic N) is 2. The van der Waals surface area contributed by atoms with Crippen LogP contribution in [0.1, 0.15) is 35.7 Å². The summed E-state index contributed by atoms with van der Waals surface area (Å²) in [6.45, 7) is 6.85. The molecule has 1 aromatic carbocycles. The minimum Gasteiger partial charge on any atom is -0.378 e. The summed E-state index contributed by atoms with van der Waals surface area (Å²) in [5.41, 5.74) is 2.02. The molecule has 2 saturated heterocycles. The van der Waals surface area contributed by atoms with Crippen LogP contribution in [0, 0.1) is 5.92 Å². The molecule has 0 aliphatic carbocycles. The van der Waals surface area contributed by atoms with E-state index in [2.05, 4.69) is 17.4 Å². The van der Waals surface area contributed by atoms with Gasteiger partial charge < -0.3 is 19.9 Å². The molecule has 1 N–H and O–H groups in total. The predicted molar refractivity (Wildman–Crippen MR) is 100 cm³/mol. The average Bonchev–Trinajstić information content (AvgIpc) is 2.69. The molecular formula is C20H29N3O3. The molecule has 0 radical (unpaired) electrons. The number of benzene rings is 1. The number of hydrogen-bond donors (Lipinski definition) is 1. The minimum atomic E-state index is 0.0527. The number of ether oxygens (including phenoxy) is 1. The number of piperidine rings is 1. The first-order chi connectivity index (χ1) is 12.7. The lowest BCUT2D eigenvalue weighted by Gasteiger charge is -2.32. The Kier molecular flexibility index (Phi) is 6.50. The lowest BCUT2D eigenvalue weighted by Crippen LogP contribution is -2.44. The summed E-state index contributed by atoms with van der Waals surface area (Å²) in [4.78, 5) is 28.1. The second-order valence-corrected chi connectivity index (χ2v) is 7.07. The topological polar surface area (TPSA) is 61.9 Å². The fraction of sp³-hybridized carbons (Fsp3) is 0.600. The minimum absolute atomic E-state index is 0.0527. The number of carbonyl (C=O) groups excluding carboxylic acids is 2. The van der Waals surface area contributed by atoms with Crippen molar-refractivity contribution in [3.05, 3.63) is 35.4 Å². The van der Waals surface area contributed by atoms with Crippen LogP contribution in [0.15, 0.2) is 24.3 Å². The molecule has 0 unspecified atom stereocenters. The smallest absolute Gasteiger partial charge is 0.317 e. The molecule has 0 atom stereocenters. The van der Waals surface area contributed by atoms with Gasteiger partial charge in [0.2, 0.25) is 0 Å². The molecule has 2 aliphatic heterocycles. The quantitative estimate of drug-likeness (QED) is 0.896. The monoisotopic (exact) mass is 359 g/mol. The molecular weight excluding hydrogens is 330 g/mol. The van der Waals surface area contributed by atoms with E-state index >= 15 is 0 Å². The average molecular weight is 359 g/mol. The highest BCUT2D eigenvalue weighted by molar-refractivity contribution is 5.94. The Morgan fingerprint density at radius 2 is 1.69 bits per heavy atom. The molecule has 1 aromatic rings. The summed E-state index contributed by atoms with van der Waals surface area (Å²) in [7, 11) is 0. The lowest BCUT2D eigenvalue weighted by atomic mass is 9.90. The molecule has 0 spiro atoms. The summed E-state index contributed by atoms with van der Waals surface area (Å²) in [5, 5.41) is 2.87. The van der Waals surface area contributed by atoms with Gasteiger partial charge in [-0.2, -0.15) is 0 Å². The highest BCUT2D eigenvalue weighted by Gasteiger charge is 2.23. The Morgan fingerprint density at radius 3 is 2.31 bits per heavy atom. The van der Waals surface area contributed by atoms with Crippen LogP contribution >= 0.6 is 0 Å². The second-order valence-electron chi connectivity index (χ2n) is 7.07. The molecule has 2 aliphatic rings. The van der Waals surface area contributed by atoms with Crippen molar-refractivity contribution in [3.63, 3.8) is 0 Å². The first kappa shape index (κ1) is 18.7. The third kappa shape index (κ3) is 4.75. The van der Waals surface area contributed by atoms with E-state index in [-0.39, 0.29) is 11.9 Å². The number of urea groups is 1. The van der Waals surface area contributed by atoms with E-state index in [1.54, 1.807) is 0 Å². The van der Waals surface area contributed by atoms with Crippen molar-refractivity contribution in [2.24, 2.45) is 5.92 Å². The molecule has 3 rings (SSSR count). The van der Waals surface area contributed by atoms with E-state index in [1.807, 2.05) is 28.9 Å². The SMILES string of the molecule is CCNC(=O)N1CCC(Cc2ccc(C(=O)N3CCOCC3)cc2)CC1. The van der Waals surface area contributed by atoms with Crippen LogP contribution < -0.4 is 5.32 Å². The number of likely N-dealkylation sites (tertiary alicyclic amines) is 1. The van der Waals surface area contributed by atoms with Crippen molar-refractivity contribution < 1.29 is 14.3 Å². The van der Waals surface area contributed by atoms with E-state index in [0.29, 0.717) is 38.8 Å². The molecule has 0 aromatic heterocycles. The third-order valence-electron chi connectivity index (χ3n) is 5.25. The summed E-state index contributed by atoms with van der Waals surface area (Å²) < 4.78 is 5.30. The predicted octanol–water partition coefficient (Wildman–Crippen LogP) is 2.14. The standard InChI is InChI=1S/C20H29N3O3/c1-2-21-20(25)23-9-7-17(8-10-23)15-16-3-5-18(6-4-16)19(24)22-11-13-26-14-12-22/h3-6,17H,2,7-15H2,1H3,(H,21,25). The number of hydrogen-bond acceptors (Lipinski definition) is 3. The maximum absolute atomic E-state index is 12.5. The molecule has 6 nitrogen and oxygen atoms in total. The lowest BCUT2D eigenvalue weighted by molar-refractivity contribution is 0.0303. The van der Waals surface area contributed by atoms with Gasteiger partial charge in [0, 0.05) is 38.3 Å². The van der Waals surface area contributed by atoms with Gasteiger partial charge in [0.25, 0.3) is 5.91 Å². The molecule has 2 heterocycles. The van der Waals surface area contributed by atoms with Crippen LogP contribution in [-0.2, 0) is 11.2 Å². The zero-order chi connectivity index (χ0) is 18.4. The number of amides is 3. The van der Waals surface area contributed by atoms with Gasteiger partial charge in [-0.3, -0.25) is 4.79 Å². The number of nitrogens with one attached hydrogen (secondary N) is 1. The van der Waals surface area contributed by atoms with Gasteiger partial charge in [0.05, 0.1) is 13.2 Å². The maximum atomic E-state index is 12.5. The normalized spacial score (nSPS) is 18.7. The molecule has 142 valence electrons. The summed E-state index contributed by atoms with van der Waals surface area (Å²) in [6, 6.07) is 8.08. The van der Waals surface area contributed by atoms with Crippen LogP contribution in [0.5, 0.6) is 0 Å². The molecule has 0 saturated carbocycles. The van der Waals surface area contributed by atoms with Crippen molar-refractivity contribution >= 4 is 11.9 Å². The highest BCUT2D eigenvalue weighted by atomic mass is 16.5. The van der Waals surface area contributed by atoms with Crippen molar-refractivity contribution in [3.8, 4) is 0 Å². The molecule has 2 fully saturated rings. The Morgan fingerprint density at radius 1 is 1.04 bits per heavy atom. The Bertz CT molecular complexity index is 603. The Hall–Kier alpha value is -2.08. The molecule has 0 bridgehead atoms. The molecule has 3 amide bonds. The van der Waals surface area contributed by atoms with Crippen LogP contribution in [0.4, 0.5) is 4.79 Å². The van der Waals surface area contributed by atoms with Gasteiger partial charge in [-0.15, -0.1) is 0 Å². The van der Waals surface area contributed by atoms with Crippen molar-refractivity contribution in [1.82, 2.24) is 15.1 Å². The third-order valence-corrected chi connectivity index (χ3v) is 5.25. The van der Waals surface area contributed by atoms with Gasteiger partial charge >= 0.3 is 6.03 Å². The first-order valence-electron chi connectivity index (χ1n) is 9.66. The van der Waals surface area contributed by atoms with Crippen LogP contribution in [0.25, 0.3) is 0 Å². The largest absolute Gasteiger partial charge is 0.378 e. The van der Waals surface area contributed by atoms with Crippen molar-refractivity contribution in [1.29, 1.82) is 0 Å². The van der Waals surface area contributed by atoms with Gasteiger partial charge in [-0.1, -0.05) is 12.1 Å². The van der Waals surface area contributed by atoms with Gasteiger partial charge in [-0.25, -0.2) is 4.79 Å². The Balaban J connectivity index is 1.49. The van der Waals surface area contributed by atoms with Crippen LogP contribution in [0.3, 0.4) is 0 Å². The zero-order valence-corrected chi connectivity index (χ0v) is 15.6. The molecule has 26 heavy (non-hydrogen) atoms. The number of morpholine rings is 1. The first-order valence-corrected chi connectivity index (χ1v) is 9.66. The van der Waals surface area contributed by atoms with E-state index < -0.39 is 0 Å². The summed E-state index contributed by atoms with van der Waals surface area (Å²) >= 11 is 0. The zero-order valence-electron chi connectivity index (χ0n) is 15.6. The van der Waals surface area contributed by atoms with Crippen LogP contribution in [0.2, 0.25) is 0 Å². The second kappa shape index (κ2) is 9.03. The van der Waals surface area contributed by atoms with Gasteiger partial charge in [0.1, 0.15) is 0 Å². The van der Waals surface area contributed by atoms with Gasteiger partial charge in [0.15, 0.2) is 0 Å². The van der Waals surface area contributed by atoms with Crippen LogP contribution in [-0.4, -0.2) is 67.7 Å². The van der Waals surface area contributed by atoms with E-state index in [4.69, 9.17) is 4.74 Å². The summed E-state index contributed by atoms with van der Waals surface area (Å²) in [5.74, 6) is 0.691. The fourth-order valence-corrected chi connectivity index (χ4v) is 3.67. The fourth-order valence-electron chi connectivity index (χ4n) is 3.67. The van der Waals surface area contributed by atoms with Gasteiger partial charge in [-0.05, 0) is 49.8 Å². The molecule has 6 heteroatoms. The van der Waals surface area contributed by atoms with Crippen molar-refractivity contribution in [2.45, 2.75) is 26.2 Å². The Labute approximate surface area is 155 Å². The number of carbonyl (C=O) groups is 2.